The van der Waals surface area contributed by atoms with Crippen molar-refractivity contribution in [1.82, 2.24) is 14.8 Å². The SMILES string of the molecule is C=CCn1c(SCc2cc(C)ccc2C)nnc1-c1cccc(C)c1. The summed E-state index contributed by atoms with van der Waals surface area (Å²) in [5, 5.41) is 9.81. The number of aromatic nitrogens is 3. The van der Waals surface area contributed by atoms with Crippen molar-refractivity contribution >= 4 is 11.8 Å². The molecule has 0 bridgehead atoms. The molecular formula is C21H23N3S. The minimum atomic E-state index is 0.700. The second-order valence-electron chi connectivity index (χ2n) is 6.29. The van der Waals surface area contributed by atoms with E-state index in [1.807, 2.05) is 6.08 Å². The van der Waals surface area contributed by atoms with E-state index in [2.05, 4.69) is 84.6 Å². The van der Waals surface area contributed by atoms with Gasteiger partial charge < -0.3 is 0 Å². The Balaban J connectivity index is 1.89. The van der Waals surface area contributed by atoms with E-state index in [1.54, 1.807) is 11.8 Å². The third-order valence-electron chi connectivity index (χ3n) is 4.17. The molecule has 1 aromatic heterocycles. The lowest BCUT2D eigenvalue weighted by atomic mass is 10.1. The first-order chi connectivity index (χ1) is 12.1. The number of benzene rings is 2. The molecule has 3 rings (SSSR count). The Labute approximate surface area is 153 Å². The first kappa shape index (κ1) is 17.5. The largest absolute Gasteiger partial charge is 0.298 e. The summed E-state index contributed by atoms with van der Waals surface area (Å²) in [5.74, 6) is 1.78. The summed E-state index contributed by atoms with van der Waals surface area (Å²) in [6, 6.07) is 14.9. The average Bonchev–Trinajstić information content (AvgIpc) is 2.99. The van der Waals surface area contributed by atoms with E-state index in [1.165, 1.54) is 22.3 Å². The predicted octanol–water partition coefficient (Wildman–Crippen LogP) is 5.35. The van der Waals surface area contributed by atoms with Gasteiger partial charge in [-0.3, -0.25) is 4.57 Å². The Hall–Kier alpha value is -2.33. The molecule has 0 amide bonds. The Morgan fingerprint density at radius 2 is 1.84 bits per heavy atom. The van der Waals surface area contributed by atoms with Gasteiger partial charge in [0.1, 0.15) is 0 Å². The number of hydrogen-bond acceptors (Lipinski definition) is 3. The van der Waals surface area contributed by atoms with Gasteiger partial charge in [0.25, 0.3) is 0 Å². The Morgan fingerprint density at radius 1 is 1.04 bits per heavy atom. The van der Waals surface area contributed by atoms with Crippen LogP contribution in [0.3, 0.4) is 0 Å². The highest BCUT2D eigenvalue weighted by Gasteiger charge is 2.14. The van der Waals surface area contributed by atoms with Crippen LogP contribution >= 0.6 is 11.8 Å². The molecule has 0 fully saturated rings. The average molecular weight is 350 g/mol. The van der Waals surface area contributed by atoms with Crippen LogP contribution in [-0.2, 0) is 12.3 Å². The van der Waals surface area contributed by atoms with E-state index >= 15 is 0 Å². The van der Waals surface area contributed by atoms with Crippen LogP contribution in [-0.4, -0.2) is 14.8 Å². The van der Waals surface area contributed by atoms with E-state index in [0.29, 0.717) is 6.54 Å². The van der Waals surface area contributed by atoms with Crippen LogP contribution in [0.2, 0.25) is 0 Å². The number of hydrogen-bond donors (Lipinski definition) is 0. The molecule has 3 aromatic rings. The summed E-state index contributed by atoms with van der Waals surface area (Å²) >= 11 is 1.72. The lowest BCUT2D eigenvalue weighted by Gasteiger charge is -2.09. The van der Waals surface area contributed by atoms with Crippen LogP contribution in [0.15, 0.2) is 60.3 Å². The molecule has 0 aliphatic rings. The van der Waals surface area contributed by atoms with E-state index < -0.39 is 0 Å². The minimum Gasteiger partial charge on any atom is -0.298 e. The molecule has 0 unspecified atom stereocenters. The fourth-order valence-electron chi connectivity index (χ4n) is 2.78. The maximum atomic E-state index is 4.44. The first-order valence-electron chi connectivity index (χ1n) is 8.38. The molecule has 0 N–H and O–H groups in total. The standard InChI is InChI=1S/C21H23N3S/c1-5-11-24-20(18-8-6-7-15(2)12-18)22-23-21(24)25-14-19-13-16(3)9-10-17(19)4/h5-10,12-13H,1,11,14H2,2-4H3. The van der Waals surface area contributed by atoms with Gasteiger partial charge in [-0.1, -0.05) is 65.4 Å². The summed E-state index contributed by atoms with van der Waals surface area (Å²) in [5.41, 5.74) is 6.25. The maximum absolute atomic E-state index is 4.44. The van der Waals surface area contributed by atoms with Crippen molar-refractivity contribution in [3.8, 4) is 11.4 Å². The van der Waals surface area contributed by atoms with Gasteiger partial charge in [-0.25, -0.2) is 0 Å². The van der Waals surface area contributed by atoms with Crippen molar-refractivity contribution in [3.05, 3.63) is 77.4 Å². The topological polar surface area (TPSA) is 30.7 Å². The monoisotopic (exact) mass is 349 g/mol. The van der Waals surface area contributed by atoms with E-state index in [-0.39, 0.29) is 0 Å². The lowest BCUT2D eigenvalue weighted by Crippen LogP contribution is -2.01. The number of aryl methyl sites for hydroxylation is 3. The third-order valence-corrected chi connectivity index (χ3v) is 5.18. The highest BCUT2D eigenvalue weighted by molar-refractivity contribution is 7.98. The maximum Gasteiger partial charge on any atom is 0.192 e. The Morgan fingerprint density at radius 3 is 2.60 bits per heavy atom. The predicted molar refractivity (Wildman–Crippen MR) is 106 cm³/mol. The fourth-order valence-corrected chi connectivity index (χ4v) is 3.80. The zero-order valence-electron chi connectivity index (χ0n) is 15.0. The zero-order chi connectivity index (χ0) is 17.8. The number of thioether (sulfide) groups is 1. The molecule has 0 radical (unpaired) electrons. The smallest absolute Gasteiger partial charge is 0.192 e. The zero-order valence-corrected chi connectivity index (χ0v) is 15.8. The van der Waals surface area contributed by atoms with Gasteiger partial charge in [-0.05, 0) is 38.0 Å². The molecule has 0 aliphatic carbocycles. The van der Waals surface area contributed by atoms with Gasteiger partial charge in [0.05, 0.1) is 0 Å². The van der Waals surface area contributed by atoms with Gasteiger partial charge in [0, 0.05) is 17.9 Å². The van der Waals surface area contributed by atoms with Crippen LogP contribution in [0.25, 0.3) is 11.4 Å². The van der Waals surface area contributed by atoms with Crippen LogP contribution < -0.4 is 0 Å². The number of nitrogens with zero attached hydrogens (tertiary/aromatic N) is 3. The van der Waals surface area contributed by atoms with Crippen LogP contribution in [0, 0.1) is 20.8 Å². The second kappa shape index (κ2) is 7.70. The van der Waals surface area contributed by atoms with Gasteiger partial charge in [-0.2, -0.15) is 0 Å². The molecule has 4 heteroatoms. The summed E-state index contributed by atoms with van der Waals surface area (Å²) in [7, 11) is 0. The van der Waals surface area contributed by atoms with Crippen molar-refractivity contribution in [1.29, 1.82) is 0 Å². The lowest BCUT2D eigenvalue weighted by molar-refractivity contribution is 0.731. The van der Waals surface area contributed by atoms with Gasteiger partial charge in [0.2, 0.25) is 0 Å². The van der Waals surface area contributed by atoms with Crippen LogP contribution in [0.5, 0.6) is 0 Å². The Bertz CT molecular complexity index is 896. The third kappa shape index (κ3) is 4.02. The van der Waals surface area contributed by atoms with Crippen molar-refractivity contribution in [3.63, 3.8) is 0 Å². The molecule has 0 saturated heterocycles. The molecule has 0 aliphatic heterocycles. The van der Waals surface area contributed by atoms with Gasteiger partial charge in [-0.15, -0.1) is 16.8 Å². The van der Waals surface area contributed by atoms with Crippen molar-refractivity contribution in [2.75, 3.05) is 0 Å². The highest BCUT2D eigenvalue weighted by Crippen LogP contribution is 2.28. The van der Waals surface area contributed by atoms with Gasteiger partial charge in [0.15, 0.2) is 11.0 Å². The molecule has 3 nitrogen and oxygen atoms in total. The van der Waals surface area contributed by atoms with Crippen molar-refractivity contribution < 1.29 is 0 Å². The second-order valence-corrected chi connectivity index (χ2v) is 7.24. The molecule has 128 valence electrons. The molecule has 0 atom stereocenters. The van der Waals surface area contributed by atoms with E-state index in [0.717, 1.165) is 22.3 Å². The van der Waals surface area contributed by atoms with Crippen LogP contribution in [0.4, 0.5) is 0 Å². The highest BCUT2D eigenvalue weighted by atomic mass is 32.2. The molecule has 25 heavy (non-hydrogen) atoms. The molecule has 1 heterocycles. The summed E-state index contributed by atoms with van der Waals surface area (Å²) in [6.45, 7) is 11.0. The van der Waals surface area contributed by atoms with Crippen molar-refractivity contribution in [2.45, 2.75) is 38.2 Å². The van der Waals surface area contributed by atoms with E-state index in [4.69, 9.17) is 0 Å². The summed E-state index contributed by atoms with van der Waals surface area (Å²) in [4.78, 5) is 0. The van der Waals surface area contributed by atoms with E-state index in [9.17, 15) is 0 Å². The molecule has 2 aromatic carbocycles. The quantitative estimate of drug-likeness (QED) is 0.444. The normalized spacial score (nSPS) is 10.8. The van der Waals surface area contributed by atoms with Crippen molar-refractivity contribution in [2.24, 2.45) is 0 Å². The summed E-state index contributed by atoms with van der Waals surface area (Å²) < 4.78 is 2.14. The molecule has 0 saturated carbocycles. The van der Waals surface area contributed by atoms with Crippen LogP contribution in [0.1, 0.15) is 22.3 Å². The minimum absolute atomic E-state index is 0.700. The first-order valence-corrected chi connectivity index (χ1v) is 9.37. The molecule has 0 spiro atoms. The van der Waals surface area contributed by atoms with Gasteiger partial charge >= 0.3 is 0 Å². The fraction of sp³-hybridized carbons (Fsp3) is 0.238. The number of allylic oxidation sites excluding steroid dienone is 1. The number of rotatable bonds is 6. The summed E-state index contributed by atoms with van der Waals surface area (Å²) in [6.07, 6.45) is 1.89. The Kier molecular flexibility index (Phi) is 5.39. The molecular weight excluding hydrogens is 326 g/mol.